The van der Waals surface area contributed by atoms with Crippen LogP contribution in [0, 0.1) is 0 Å². The molecule has 0 saturated heterocycles. The molecule has 0 spiro atoms. The largest absolute Gasteiger partial charge is 0.504 e. The Hall–Kier alpha value is -4.76. The number of halogens is 1. The molecule has 0 atom stereocenters. The van der Waals surface area contributed by atoms with E-state index >= 15 is 0 Å². The van der Waals surface area contributed by atoms with Crippen LogP contribution in [0.25, 0.3) is 0 Å². The van der Waals surface area contributed by atoms with E-state index in [2.05, 4.69) is 22.9 Å². The zero-order valence-corrected chi connectivity index (χ0v) is 25.6. The fourth-order valence-electron chi connectivity index (χ4n) is 4.62. The van der Waals surface area contributed by atoms with E-state index in [0.717, 1.165) is 25.7 Å². The monoisotopic (exact) mass is 658 g/mol. The maximum atomic E-state index is 14.2. The molecule has 0 aliphatic rings. The second-order valence-corrected chi connectivity index (χ2v) is 10.9. The number of carbonyl (C=O) groups excluding carboxylic acids is 4. The Morgan fingerprint density at radius 2 is 1.23 bits per heavy atom. The number of carbonyl (C=O) groups is 4. The first kappa shape index (κ1) is 32.2. The summed E-state index contributed by atoms with van der Waals surface area (Å²) in [5.41, 5.74) is -1.67. The van der Waals surface area contributed by atoms with E-state index in [1.165, 1.54) is 36.4 Å². The van der Waals surface area contributed by atoms with Gasteiger partial charge in [0.15, 0.2) is 23.1 Å². The Morgan fingerprint density at radius 1 is 0.636 bits per heavy atom. The number of unbranched alkanes of at least 4 members (excludes halogenated alkanes) is 4. The maximum absolute atomic E-state index is 14.2. The molecule has 4 aromatic rings. The summed E-state index contributed by atoms with van der Waals surface area (Å²) in [5.74, 6) is -6.63. The van der Waals surface area contributed by atoms with Crippen molar-refractivity contribution < 1.29 is 38.9 Å². The molecular formula is C35H31BrO8. The molecule has 0 bridgehead atoms. The van der Waals surface area contributed by atoms with Gasteiger partial charge in [0.05, 0.1) is 28.9 Å². The molecular weight excluding hydrogens is 628 g/mol. The molecule has 0 amide bonds. The lowest BCUT2D eigenvalue weighted by Crippen LogP contribution is -2.22. The van der Waals surface area contributed by atoms with Crippen molar-refractivity contribution in [3.63, 3.8) is 0 Å². The number of benzene rings is 4. The lowest BCUT2D eigenvalue weighted by molar-refractivity contribution is 0.0489. The molecule has 44 heavy (non-hydrogen) atoms. The van der Waals surface area contributed by atoms with Crippen molar-refractivity contribution in [3.8, 4) is 17.2 Å². The third kappa shape index (κ3) is 7.41. The van der Waals surface area contributed by atoms with E-state index in [1.807, 2.05) is 0 Å². The van der Waals surface area contributed by atoms with Crippen LogP contribution >= 0.6 is 15.9 Å². The highest BCUT2D eigenvalue weighted by Crippen LogP contribution is 2.46. The smallest absolute Gasteiger partial charge is 0.343 e. The fourth-order valence-corrected chi connectivity index (χ4v) is 5.02. The van der Waals surface area contributed by atoms with E-state index in [0.29, 0.717) is 10.9 Å². The molecule has 0 aliphatic carbocycles. The molecule has 8 nitrogen and oxygen atoms in total. The van der Waals surface area contributed by atoms with Crippen LogP contribution in [-0.4, -0.2) is 40.3 Å². The predicted molar refractivity (Wildman–Crippen MR) is 168 cm³/mol. The molecule has 0 aliphatic heterocycles. The van der Waals surface area contributed by atoms with E-state index in [1.54, 1.807) is 48.5 Å². The van der Waals surface area contributed by atoms with Crippen LogP contribution in [0.15, 0.2) is 89.4 Å². The van der Waals surface area contributed by atoms with Crippen molar-refractivity contribution in [2.75, 3.05) is 6.61 Å². The quantitative estimate of drug-likeness (QED) is 0.0492. The van der Waals surface area contributed by atoms with E-state index in [9.17, 15) is 29.4 Å². The first-order valence-corrected chi connectivity index (χ1v) is 15.0. The zero-order valence-electron chi connectivity index (χ0n) is 24.0. The summed E-state index contributed by atoms with van der Waals surface area (Å²) in [4.78, 5) is 54.9. The molecule has 0 aromatic heterocycles. The topological polar surface area (TPSA) is 127 Å². The van der Waals surface area contributed by atoms with E-state index in [4.69, 9.17) is 9.47 Å². The third-order valence-electron chi connectivity index (χ3n) is 6.87. The summed E-state index contributed by atoms with van der Waals surface area (Å²) in [6.07, 6.45) is 4.32. The van der Waals surface area contributed by atoms with Crippen LogP contribution in [0.1, 0.15) is 91.6 Å². The van der Waals surface area contributed by atoms with Crippen LogP contribution in [0.4, 0.5) is 0 Å². The van der Waals surface area contributed by atoms with Crippen molar-refractivity contribution in [1.82, 2.24) is 0 Å². The Labute approximate surface area is 263 Å². The standard InChI is InChI=1S/C35H31BrO8/c1-2-3-4-5-12-20-43-35(42)26-27(29(37)22-14-8-6-9-15-22)31(39)32(40)33(44-34(41)23-16-10-7-11-17-23)28(26)30(38)24-18-13-19-25(36)21-24/h6-11,13-19,21,39-40H,2-5,12,20H2,1H3. The number of hydrogen-bond acceptors (Lipinski definition) is 8. The van der Waals surface area contributed by atoms with Gasteiger partial charge in [0, 0.05) is 15.6 Å². The Balaban J connectivity index is 1.94. The molecule has 0 saturated carbocycles. The Morgan fingerprint density at radius 3 is 1.86 bits per heavy atom. The number of ether oxygens (including phenoxy) is 2. The summed E-state index contributed by atoms with van der Waals surface area (Å²) in [7, 11) is 0. The highest BCUT2D eigenvalue weighted by Gasteiger charge is 2.37. The average molecular weight is 660 g/mol. The number of esters is 2. The van der Waals surface area contributed by atoms with Gasteiger partial charge in [-0.05, 0) is 30.7 Å². The van der Waals surface area contributed by atoms with Crippen LogP contribution in [-0.2, 0) is 4.74 Å². The third-order valence-corrected chi connectivity index (χ3v) is 7.36. The average Bonchev–Trinajstić information content (AvgIpc) is 3.04. The first-order valence-electron chi connectivity index (χ1n) is 14.2. The van der Waals surface area contributed by atoms with Crippen molar-refractivity contribution >= 4 is 39.4 Å². The fraction of sp³-hybridized carbons (Fsp3) is 0.200. The van der Waals surface area contributed by atoms with Crippen molar-refractivity contribution in [2.45, 2.75) is 39.0 Å². The molecule has 0 heterocycles. The second-order valence-electron chi connectivity index (χ2n) is 9.99. The van der Waals surface area contributed by atoms with Crippen LogP contribution in [0.3, 0.4) is 0 Å². The molecule has 4 aromatic carbocycles. The molecule has 0 unspecified atom stereocenters. The van der Waals surface area contributed by atoms with Gasteiger partial charge in [-0.25, -0.2) is 9.59 Å². The number of ketones is 2. The lowest BCUT2D eigenvalue weighted by Gasteiger charge is -2.20. The molecule has 2 N–H and O–H groups in total. The highest BCUT2D eigenvalue weighted by atomic mass is 79.9. The summed E-state index contributed by atoms with van der Waals surface area (Å²) in [5, 5.41) is 22.4. The highest BCUT2D eigenvalue weighted by molar-refractivity contribution is 9.10. The maximum Gasteiger partial charge on any atom is 0.343 e. The normalized spacial score (nSPS) is 10.7. The van der Waals surface area contributed by atoms with Crippen molar-refractivity contribution in [1.29, 1.82) is 0 Å². The van der Waals surface area contributed by atoms with Gasteiger partial charge in [-0.3, -0.25) is 9.59 Å². The number of phenolic OH excluding ortho intramolecular Hbond substituents is 2. The number of rotatable bonds is 13. The minimum Gasteiger partial charge on any atom is -0.504 e. The number of aromatic hydroxyl groups is 2. The van der Waals surface area contributed by atoms with Crippen molar-refractivity contribution in [3.05, 3.63) is 123 Å². The summed E-state index contributed by atoms with van der Waals surface area (Å²) in [6, 6.07) is 21.7. The zero-order chi connectivity index (χ0) is 31.6. The van der Waals surface area contributed by atoms with Gasteiger partial charge in [-0.1, -0.05) is 109 Å². The van der Waals surface area contributed by atoms with Gasteiger partial charge in [-0.15, -0.1) is 0 Å². The van der Waals surface area contributed by atoms with Gasteiger partial charge >= 0.3 is 11.9 Å². The number of hydrogen-bond donors (Lipinski definition) is 2. The first-order chi connectivity index (χ1) is 21.2. The van der Waals surface area contributed by atoms with E-state index < -0.39 is 57.4 Å². The molecule has 0 radical (unpaired) electrons. The predicted octanol–water partition coefficient (Wildman–Crippen LogP) is 7.67. The summed E-state index contributed by atoms with van der Waals surface area (Å²) < 4.78 is 11.6. The lowest BCUT2D eigenvalue weighted by atomic mass is 9.88. The second kappa shape index (κ2) is 15.1. The van der Waals surface area contributed by atoms with Crippen molar-refractivity contribution in [2.24, 2.45) is 0 Å². The minimum absolute atomic E-state index is 0.0210. The van der Waals surface area contributed by atoms with Crippen LogP contribution in [0.2, 0.25) is 0 Å². The Bertz CT molecular complexity index is 1670. The number of phenols is 2. The summed E-state index contributed by atoms with van der Waals surface area (Å²) in [6.45, 7) is 2.06. The van der Waals surface area contributed by atoms with Gasteiger partial charge in [0.1, 0.15) is 0 Å². The minimum atomic E-state index is -1.09. The van der Waals surface area contributed by atoms with Gasteiger partial charge in [-0.2, -0.15) is 0 Å². The van der Waals surface area contributed by atoms with Gasteiger partial charge in [0.2, 0.25) is 5.75 Å². The van der Waals surface area contributed by atoms with Gasteiger partial charge < -0.3 is 19.7 Å². The van der Waals surface area contributed by atoms with E-state index in [-0.39, 0.29) is 23.3 Å². The van der Waals surface area contributed by atoms with Crippen LogP contribution < -0.4 is 4.74 Å². The molecule has 9 heteroatoms. The van der Waals surface area contributed by atoms with Crippen LogP contribution in [0.5, 0.6) is 17.2 Å². The molecule has 226 valence electrons. The van der Waals surface area contributed by atoms with Gasteiger partial charge in [0.25, 0.3) is 0 Å². The Kier molecular flexibility index (Phi) is 11.0. The molecule has 4 rings (SSSR count). The molecule has 0 fully saturated rings. The summed E-state index contributed by atoms with van der Waals surface area (Å²) >= 11 is 3.32. The SMILES string of the molecule is CCCCCCCOC(=O)c1c(C(=O)c2ccccc2)c(O)c(O)c(OC(=O)c2ccccc2)c1C(=O)c1cccc(Br)c1.